The van der Waals surface area contributed by atoms with E-state index in [0.29, 0.717) is 43.5 Å². The van der Waals surface area contributed by atoms with Crippen molar-refractivity contribution in [3.63, 3.8) is 0 Å². The second-order valence-electron chi connectivity index (χ2n) is 18.1. The summed E-state index contributed by atoms with van der Waals surface area (Å²) in [5, 5.41) is 13.8. The van der Waals surface area contributed by atoms with Gasteiger partial charge in [-0.3, -0.25) is 34.2 Å². The maximum absolute atomic E-state index is 14.2. The van der Waals surface area contributed by atoms with Crippen molar-refractivity contribution in [3.05, 3.63) is 46.5 Å². The van der Waals surface area contributed by atoms with E-state index in [4.69, 9.17) is 35.3 Å². The Hall–Kier alpha value is -4.47. The van der Waals surface area contributed by atoms with Gasteiger partial charge in [0, 0.05) is 77.0 Å². The van der Waals surface area contributed by atoms with Gasteiger partial charge in [0.1, 0.15) is 41.2 Å². The molecule has 6 rings (SSSR count). The third-order valence-corrected chi connectivity index (χ3v) is 15.3. The molecule has 4 fully saturated rings. The zero-order chi connectivity index (χ0) is 48.9. The summed E-state index contributed by atoms with van der Waals surface area (Å²) in [6, 6.07) is 2.42. The van der Waals surface area contributed by atoms with Crippen LogP contribution in [0.3, 0.4) is 0 Å². The number of epoxide rings is 1. The number of carbonyl (C=O) groups excluding carboxylic acids is 7. The van der Waals surface area contributed by atoms with E-state index < -0.39 is 77.3 Å². The second kappa shape index (κ2) is 22.3. The molecular formula is C46H60ClN5O13S2. The highest BCUT2D eigenvalue weighted by Crippen LogP contribution is 2.42. The highest BCUT2D eigenvalue weighted by Gasteiger charge is 2.56. The molecule has 0 radical (unpaired) electrons. The Morgan fingerprint density at radius 2 is 1.82 bits per heavy atom. The van der Waals surface area contributed by atoms with Gasteiger partial charge in [-0.2, -0.15) is 0 Å². The molecule has 4 bridgehead atoms. The van der Waals surface area contributed by atoms with Crippen molar-refractivity contribution in [2.45, 2.75) is 126 Å². The molecule has 4 aliphatic heterocycles. The number of imide groups is 1. The maximum atomic E-state index is 14.2. The quantitative estimate of drug-likeness (QED) is 0.168. The lowest BCUT2D eigenvalue weighted by molar-refractivity contribution is -0.159. The summed E-state index contributed by atoms with van der Waals surface area (Å²) in [5.41, 5.74) is 0.167. The predicted octanol–water partition coefficient (Wildman–Crippen LogP) is 4.44. The Labute approximate surface area is 404 Å². The van der Waals surface area contributed by atoms with Crippen LogP contribution in [0.2, 0.25) is 5.02 Å². The van der Waals surface area contributed by atoms with Crippen LogP contribution in [0, 0.1) is 17.8 Å². The largest absolute Gasteiger partial charge is 0.495 e. The number of rotatable bonds is 12. The molecule has 18 nitrogen and oxygen atoms in total. The number of carbonyl (C=O) groups is 7. The van der Waals surface area contributed by atoms with Crippen molar-refractivity contribution in [1.82, 2.24) is 15.1 Å². The van der Waals surface area contributed by atoms with Gasteiger partial charge in [0.05, 0.1) is 30.6 Å². The van der Waals surface area contributed by atoms with E-state index in [9.17, 15) is 38.7 Å². The summed E-state index contributed by atoms with van der Waals surface area (Å²) >= 11 is 12.5. The predicted molar refractivity (Wildman–Crippen MR) is 249 cm³/mol. The molecule has 1 aromatic carbocycles. The highest BCUT2D eigenvalue weighted by atomic mass is 35.5. The Balaban J connectivity index is 1.13. The fourth-order valence-corrected chi connectivity index (χ4v) is 10.8. The van der Waals surface area contributed by atoms with E-state index in [-0.39, 0.29) is 72.6 Å². The molecule has 366 valence electrons. The van der Waals surface area contributed by atoms with E-state index in [2.05, 4.69) is 22.1 Å². The van der Waals surface area contributed by atoms with Crippen molar-refractivity contribution in [3.8, 4) is 5.75 Å². The van der Waals surface area contributed by atoms with Crippen LogP contribution in [0.5, 0.6) is 5.75 Å². The monoisotopic (exact) mass is 989 g/mol. The Morgan fingerprint density at radius 3 is 2.49 bits per heavy atom. The average molecular weight is 991 g/mol. The number of allylic oxidation sites excluding steroid dienone is 3. The summed E-state index contributed by atoms with van der Waals surface area (Å²) in [4.78, 5) is 96.4. The zero-order valence-electron chi connectivity index (χ0n) is 38.8. The molecule has 0 aromatic heterocycles. The zero-order valence-corrected chi connectivity index (χ0v) is 41.2. The first-order chi connectivity index (χ1) is 31.8. The smallest absolute Gasteiger partial charge is 0.409 e. The number of hydrogen-bond acceptors (Lipinski definition) is 15. The van der Waals surface area contributed by atoms with Gasteiger partial charge in [0.2, 0.25) is 23.6 Å². The van der Waals surface area contributed by atoms with Crippen molar-refractivity contribution in [2.75, 3.05) is 45.5 Å². The highest BCUT2D eigenvalue weighted by molar-refractivity contribution is 8.00. The van der Waals surface area contributed by atoms with E-state index >= 15 is 0 Å². The molecule has 6 amide bonds. The molecular weight excluding hydrogens is 930 g/mol. The van der Waals surface area contributed by atoms with Crippen LogP contribution >= 0.6 is 23.4 Å². The van der Waals surface area contributed by atoms with Crippen LogP contribution in [0.25, 0.3) is 0 Å². The molecule has 1 aromatic rings. The van der Waals surface area contributed by atoms with Crippen molar-refractivity contribution < 1.29 is 62.4 Å². The van der Waals surface area contributed by atoms with Gasteiger partial charge in [-0.1, -0.05) is 42.3 Å². The first-order valence-corrected chi connectivity index (χ1v) is 24.2. The van der Waals surface area contributed by atoms with E-state index in [0.717, 1.165) is 11.1 Å². The number of likely N-dealkylation sites (tertiary alicyclic amines) is 1. The fourth-order valence-electron chi connectivity index (χ4n) is 9.22. The van der Waals surface area contributed by atoms with Gasteiger partial charge in [0.15, 0.2) is 5.72 Å². The lowest BCUT2D eigenvalue weighted by atomic mass is 9.81. The van der Waals surface area contributed by atoms with Gasteiger partial charge >= 0.3 is 12.1 Å². The standard InChI is InChI=1S/C46H60ClN5O13S2/c1-24-9-8-10-35(62-7)46(60)22-33(64-45(59)48-46)25(2)40-41(65-40)32(20-37(54)51(5)30-18-28(17-24)19-31(61-6)39(30)47)63-44(58)26(3)50(4)36(53)15-16-67-34-21-38(55)52(43(34)57)23-27-11-13-29(14-12-27)42(56)49-66/h8-10,18-19,25-27,29,32-35,40-41,60H,11-17,20-23H2,1-7H3,(H,48,59)/b10-8+,24-9+/t25-,26+,27?,29?,32?,33+,34?,35-,40+,41+,46+/m0/s1. The normalized spacial score (nSPS) is 31.9. The molecule has 3 saturated heterocycles. The van der Waals surface area contributed by atoms with Crippen LogP contribution in [0.1, 0.15) is 77.7 Å². The lowest BCUT2D eigenvalue weighted by Crippen LogP contribution is -2.63. The number of anilines is 1. The average Bonchev–Trinajstić information content (AvgIpc) is 4.06. The summed E-state index contributed by atoms with van der Waals surface area (Å²) in [7, 11) is 5.88. The summed E-state index contributed by atoms with van der Waals surface area (Å²) in [5.74, 6) is -2.71. The minimum atomic E-state index is -1.86. The molecule has 67 heavy (non-hydrogen) atoms. The molecule has 5 aliphatic rings. The number of methoxy groups -OCH3 is 2. The Kier molecular flexibility index (Phi) is 17.3. The van der Waals surface area contributed by atoms with Crippen molar-refractivity contribution >= 4 is 83.1 Å². The first-order valence-electron chi connectivity index (χ1n) is 22.4. The van der Waals surface area contributed by atoms with Crippen LogP contribution in [0.4, 0.5) is 10.5 Å². The second-order valence-corrected chi connectivity index (χ2v) is 20.0. The minimum Gasteiger partial charge on any atom is -0.495 e. The van der Waals surface area contributed by atoms with Crippen molar-refractivity contribution in [1.29, 1.82) is 0 Å². The summed E-state index contributed by atoms with van der Waals surface area (Å²) in [6.07, 6.45) is 2.34. The number of esters is 1. The molecule has 1 saturated carbocycles. The van der Waals surface area contributed by atoms with Gasteiger partial charge < -0.3 is 38.6 Å². The molecule has 9 atom stereocenters. The number of ether oxygens (including phenoxy) is 5. The summed E-state index contributed by atoms with van der Waals surface area (Å²) < 4.78 is 32.4. The van der Waals surface area contributed by atoms with Crippen molar-refractivity contribution in [2.24, 2.45) is 22.1 Å². The fraction of sp³-hybridized carbons (Fsp3) is 0.630. The number of fused-ring (bicyclic) bond motifs is 5. The number of hydrogen-bond donors (Lipinski definition) is 2. The first kappa shape index (κ1) is 51.9. The number of nitrogens with one attached hydrogen (secondary N) is 1. The van der Waals surface area contributed by atoms with Gasteiger partial charge in [0.25, 0.3) is 5.91 Å². The van der Waals surface area contributed by atoms with E-state index in [1.165, 1.54) is 54.7 Å². The Bertz CT molecular complexity index is 2170. The van der Waals surface area contributed by atoms with Gasteiger partial charge in [-0.05, 0) is 69.6 Å². The Morgan fingerprint density at radius 1 is 1.10 bits per heavy atom. The van der Waals surface area contributed by atoms with Crippen LogP contribution in [-0.4, -0.2) is 145 Å². The molecule has 4 heterocycles. The number of benzene rings is 1. The lowest BCUT2D eigenvalue weighted by Gasteiger charge is -2.41. The van der Waals surface area contributed by atoms with Gasteiger partial charge in [-0.25, -0.2) is 9.59 Å². The minimum absolute atomic E-state index is 0.0191. The maximum Gasteiger partial charge on any atom is 0.409 e. The molecule has 2 unspecified atom stereocenters. The molecule has 21 heteroatoms. The third kappa shape index (κ3) is 12.2. The topological polar surface area (TPSA) is 223 Å². The number of amides is 6. The number of alkyl carbamates (subject to hydrolysis) is 1. The van der Waals surface area contributed by atoms with E-state index in [1.54, 1.807) is 38.3 Å². The number of halogens is 1. The van der Waals surface area contributed by atoms with Crippen LogP contribution < -0.4 is 15.0 Å². The third-order valence-electron chi connectivity index (χ3n) is 13.6. The summed E-state index contributed by atoms with van der Waals surface area (Å²) in [6.45, 7) is 5.45. The molecule has 0 spiro atoms. The number of nitrogens with zero attached hydrogens (tertiary/aromatic N) is 4. The number of likely N-dealkylation sites (N-methyl/N-ethyl adjacent to an activating group) is 1. The molecule has 1 aliphatic carbocycles. The number of thioether (sulfide) groups is 1. The van der Waals surface area contributed by atoms with Crippen LogP contribution in [-0.2, 0) is 66.6 Å². The van der Waals surface area contributed by atoms with Crippen LogP contribution in [0.15, 0.2) is 40.3 Å². The van der Waals surface area contributed by atoms with Gasteiger partial charge in [-0.15, -0.1) is 16.1 Å². The molecule has 2 N–H and O–H groups in total. The SMILES string of the molecule is COc1cc2cc(c1Cl)N(C)C(=O)CC(OC(=O)[C@@H](C)N(C)C(=O)CCSC1CC(=O)N(CC3CCC(C(=O)N=S)CC3)C1=O)[C@H]1O[C@@H]1[C@@H](C)[C@H]1C[C@](O)(NC(=O)O1)[C@@H](OC)/C=C/C=C(\C)C2. The number of aliphatic hydroxyl groups is 1. The van der Waals surface area contributed by atoms with E-state index in [1.807, 2.05) is 13.0 Å².